The van der Waals surface area contributed by atoms with Crippen molar-refractivity contribution < 1.29 is 45.8 Å². The minimum Gasteiger partial charge on any atom is -0.481 e. The molecule has 0 aromatic heterocycles. The van der Waals surface area contributed by atoms with Crippen molar-refractivity contribution in [1.29, 1.82) is 0 Å². The number of cyclic esters (lactones) is 1. The van der Waals surface area contributed by atoms with E-state index in [-0.39, 0.29) is 0 Å². The monoisotopic (exact) mass is 295 g/mol. The van der Waals surface area contributed by atoms with Crippen molar-refractivity contribution >= 4 is 11.9 Å². The van der Waals surface area contributed by atoms with Crippen molar-refractivity contribution in [2.75, 3.05) is 0 Å². The summed E-state index contributed by atoms with van der Waals surface area (Å²) >= 11 is 0. The molecule has 5 nitrogen and oxygen atoms in total. The number of esters is 1. The molecule has 1 rings (SSSR count). The molecule has 0 bridgehead atoms. The first-order valence-electron chi connectivity index (χ1n) is 4.76. The van der Waals surface area contributed by atoms with Crippen LogP contribution in [0.3, 0.4) is 0 Å². The van der Waals surface area contributed by atoms with Gasteiger partial charge in [0.2, 0.25) is 0 Å². The van der Waals surface area contributed by atoms with Crippen LogP contribution in [0.5, 0.6) is 0 Å². The van der Waals surface area contributed by atoms with E-state index < -0.39 is 48.9 Å². The molecule has 19 heavy (non-hydrogen) atoms. The van der Waals surface area contributed by atoms with Crippen LogP contribution in [0.15, 0.2) is 0 Å². The number of ether oxygens (including phenoxy) is 1. The van der Waals surface area contributed by atoms with Gasteiger partial charge in [0.1, 0.15) is 6.04 Å². The molecule has 1 unspecified atom stereocenters. The Morgan fingerprint density at radius 2 is 1.74 bits per heavy atom. The standard InChI is InChI=1S/C8H7F6NO4/c9-7(10,11)6(8(12,13)14)15-3(5(18)19-6)1-2-4(16)17/h3,15H,1-2H2,(H,16,17). The average molecular weight is 295 g/mol. The molecule has 1 atom stereocenters. The van der Waals surface area contributed by atoms with Gasteiger partial charge in [-0.25, -0.2) is 0 Å². The highest BCUT2D eigenvalue weighted by atomic mass is 19.4. The van der Waals surface area contributed by atoms with Crippen molar-refractivity contribution in [2.24, 2.45) is 0 Å². The summed E-state index contributed by atoms with van der Waals surface area (Å²) in [6.45, 7) is 0. The predicted molar refractivity (Wildman–Crippen MR) is 44.7 cm³/mol. The lowest BCUT2D eigenvalue weighted by Gasteiger charge is -2.31. The average Bonchev–Trinajstić information content (AvgIpc) is 2.52. The number of halogens is 6. The number of carboxylic acids is 1. The molecule has 0 spiro atoms. The lowest BCUT2D eigenvalue weighted by molar-refractivity contribution is -0.369. The van der Waals surface area contributed by atoms with Crippen LogP contribution >= 0.6 is 0 Å². The fourth-order valence-corrected chi connectivity index (χ4v) is 1.45. The van der Waals surface area contributed by atoms with Gasteiger partial charge in [-0.2, -0.15) is 26.3 Å². The Hall–Kier alpha value is -1.52. The summed E-state index contributed by atoms with van der Waals surface area (Å²) in [6, 6.07) is -1.99. The number of aliphatic carboxylic acids is 1. The van der Waals surface area contributed by atoms with Gasteiger partial charge in [-0.1, -0.05) is 0 Å². The van der Waals surface area contributed by atoms with Crippen LogP contribution in [0, 0.1) is 0 Å². The third kappa shape index (κ3) is 2.74. The van der Waals surface area contributed by atoms with E-state index in [1.165, 1.54) is 0 Å². The fraction of sp³-hybridized carbons (Fsp3) is 0.750. The van der Waals surface area contributed by atoms with Crippen LogP contribution in [0.4, 0.5) is 26.3 Å². The second kappa shape index (κ2) is 4.54. The number of carbonyl (C=O) groups excluding carboxylic acids is 1. The number of nitrogens with one attached hydrogen (secondary N) is 1. The Morgan fingerprint density at radius 1 is 1.26 bits per heavy atom. The maximum atomic E-state index is 12.5. The molecule has 1 saturated heterocycles. The Kier molecular flexibility index (Phi) is 3.72. The maximum Gasteiger partial charge on any atom is 0.452 e. The van der Waals surface area contributed by atoms with Gasteiger partial charge in [0.05, 0.1) is 0 Å². The van der Waals surface area contributed by atoms with E-state index >= 15 is 0 Å². The molecule has 0 aromatic carbocycles. The first kappa shape index (κ1) is 15.5. The van der Waals surface area contributed by atoms with E-state index in [0.717, 1.165) is 5.32 Å². The van der Waals surface area contributed by atoms with Crippen molar-refractivity contribution in [1.82, 2.24) is 5.32 Å². The molecule has 0 saturated carbocycles. The number of alkyl halides is 6. The molecule has 1 heterocycles. The van der Waals surface area contributed by atoms with E-state index in [0.29, 0.717) is 0 Å². The second-order valence-electron chi connectivity index (χ2n) is 3.73. The summed E-state index contributed by atoms with van der Waals surface area (Å²) in [5, 5.41) is 9.29. The molecule has 2 N–H and O–H groups in total. The zero-order chi connectivity index (χ0) is 15.1. The molecule has 0 aliphatic carbocycles. The van der Waals surface area contributed by atoms with Crippen LogP contribution < -0.4 is 5.32 Å². The van der Waals surface area contributed by atoms with Crippen LogP contribution in [0.2, 0.25) is 0 Å². The lowest BCUT2D eigenvalue weighted by atomic mass is 10.1. The van der Waals surface area contributed by atoms with E-state index in [1.54, 1.807) is 0 Å². The van der Waals surface area contributed by atoms with Gasteiger partial charge in [-0.15, -0.1) is 0 Å². The molecule has 1 aliphatic rings. The first-order valence-corrected chi connectivity index (χ1v) is 4.76. The van der Waals surface area contributed by atoms with Gasteiger partial charge >= 0.3 is 30.0 Å². The zero-order valence-corrected chi connectivity index (χ0v) is 8.93. The SMILES string of the molecule is O=C(O)CCC1NC(C(F)(F)F)(C(F)(F)F)OC1=O. The normalized spacial score (nSPS) is 23.3. The largest absolute Gasteiger partial charge is 0.481 e. The van der Waals surface area contributed by atoms with Crippen LogP contribution in [0.1, 0.15) is 12.8 Å². The minimum absolute atomic E-state index is 0.748. The van der Waals surface area contributed by atoms with Gasteiger partial charge < -0.3 is 9.84 Å². The zero-order valence-electron chi connectivity index (χ0n) is 8.93. The molecule has 0 amide bonds. The first-order chi connectivity index (χ1) is 8.41. The van der Waals surface area contributed by atoms with Crippen molar-refractivity contribution in [3.05, 3.63) is 0 Å². The molecule has 110 valence electrons. The van der Waals surface area contributed by atoms with Gasteiger partial charge in [-0.3, -0.25) is 14.9 Å². The van der Waals surface area contributed by atoms with Gasteiger partial charge in [0, 0.05) is 6.42 Å². The van der Waals surface area contributed by atoms with Gasteiger partial charge in [0.25, 0.3) is 0 Å². The summed E-state index contributed by atoms with van der Waals surface area (Å²) in [5.41, 5.74) is -4.79. The van der Waals surface area contributed by atoms with Gasteiger partial charge in [0.15, 0.2) is 0 Å². The summed E-state index contributed by atoms with van der Waals surface area (Å²) in [5.74, 6) is -3.26. The van der Waals surface area contributed by atoms with E-state index in [4.69, 9.17) is 5.11 Å². The molecule has 11 heteroatoms. The molecular weight excluding hydrogens is 288 g/mol. The highest BCUT2D eigenvalue weighted by Gasteiger charge is 2.78. The number of hydrogen-bond acceptors (Lipinski definition) is 4. The third-order valence-electron chi connectivity index (χ3n) is 2.36. The topological polar surface area (TPSA) is 75.6 Å². The fourth-order valence-electron chi connectivity index (χ4n) is 1.45. The number of hydrogen-bond donors (Lipinski definition) is 2. The summed E-state index contributed by atoms with van der Waals surface area (Å²) in [7, 11) is 0. The third-order valence-corrected chi connectivity index (χ3v) is 2.36. The second-order valence-corrected chi connectivity index (χ2v) is 3.73. The maximum absolute atomic E-state index is 12.5. The Balaban J connectivity index is 3.00. The summed E-state index contributed by atoms with van der Waals surface area (Å²) in [4.78, 5) is 21.2. The molecule has 1 aliphatic heterocycles. The Morgan fingerprint density at radius 3 is 2.05 bits per heavy atom. The number of rotatable bonds is 3. The molecule has 0 aromatic rings. The van der Waals surface area contributed by atoms with Crippen LogP contribution in [-0.4, -0.2) is 41.2 Å². The molecule has 1 fully saturated rings. The van der Waals surface area contributed by atoms with Crippen LogP contribution in [-0.2, 0) is 14.3 Å². The number of carbonyl (C=O) groups is 2. The van der Waals surface area contributed by atoms with E-state index in [1.807, 2.05) is 0 Å². The van der Waals surface area contributed by atoms with Crippen molar-refractivity contribution in [2.45, 2.75) is 37.0 Å². The molecule has 0 radical (unpaired) electrons. The van der Waals surface area contributed by atoms with Crippen molar-refractivity contribution in [3.8, 4) is 0 Å². The summed E-state index contributed by atoms with van der Waals surface area (Å²) < 4.78 is 78.3. The number of carboxylic acid groups (broad SMARTS) is 1. The van der Waals surface area contributed by atoms with Crippen molar-refractivity contribution in [3.63, 3.8) is 0 Å². The predicted octanol–water partition coefficient (Wildman–Crippen LogP) is 1.19. The minimum atomic E-state index is -5.92. The highest BCUT2D eigenvalue weighted by Crippen LogP contribution is 2.47. The van der Waals surface area contributed by atoms with Crippen LogP contribution in [0.25, 0.3) is 0 Å². The quantitative estimate of drug-likeness (QED) is 0.604. The molecular formula is C8H7F6NO4. The van der Waals surface area contributed by atoms with E-state index in [2.05, 4.69) is 4.74 Å². The lowest BCUT2D eigenvalue weighted by Crippen LogP contribution is -2.65. The van der Waals surface area contributed by atoms with Gasteiger partial charge in [-0.05, 0) is 6.42 Å². The smallest absolute Gasteiger partial charge is 0.452 e. The van der Waals surface area contributed by atoms with E-state index in [9.17, 15) is 35.9 Å². The summed E-state index contributed by atoms with van der Waals surface area (Å²) in [6.07, 6.45) is -13.4. The highest BCUT2D eigenvalue weighted by molar-refractivity contribution is 5.79. The Labute approximate surface area is 101 Å². The Bertz CT molecular complexity index is 376.